The van der Waals surface area contributed by atoms with Crippen LogP contribution in [0.25, 0.3) is 0 Å². The Balaban J connectivity index is 1.69. The highest BCUT2D eigenvalue weighted by Crippen LogP contribution is 2.28. The number of aryl methyl sites for hydroxylation is 1. The molecule has 1 aliphatic carbocycles. The first-order chi connectivity index (χ1) is 21.1. The van der Waals surface area contributed by atoms with Gasteiger partial charge in [0.2, 0.25) is 11.8 Å². The van der Waals surface area contributed by atoms with Gasteiger partial charge in [0.25, 0.3) is 10.0 Å². The Hall–Kier alpha value is -3.50. The molecule has 236 valence electrons. The number of benzene rings is 3. The first kappa shape index (κ1) is 33.4. The van der Waals surface area contributed by atoms with Gasteiger partial charge in [-0.25, -0.2) is 8.42 Å². The number of sulfonamides is 1. The van der Waals surface area contributed by atoms with E-state index < -0.39 is 28.5 Å². The van der Waals surface area contributed by atoms with Gasteiger partial charge in [0.15, 0.2) is 0 Å². The average Bonchev–Trinajstić information content (AvgIpc) is 3.04. The van der Waals surface area contributed by atoms with Crippen LogP contribution in [0.2, 0.25) is 0 Å². The summed E-state index contributed by atoms with van der Waals surface area (Å²) in [4.78, 5) is 30.2. The van der Waals surface area contributed by atoms with Crippen molar-refractivity contribution in [1.82, 2.24) is 10.2 Å². The SMILES string of the molecule is CCOc1ccc(N(CC(=O)N(Cc2ccccc2C)[C@@H](C)C(=O)NC2CCCCC2)S(=O)(=O)c2ccc(SC)cc2)cc1. The Labute approximate surface area is 266 Å². The average molecular weight is 638 g/mol. The molecule has 8 nitrogen and oxygen atoms in total. The number of carbonyl (C=O) groups excluding carboxylic acids is 2. The number of hydrogen-bond acceptors (Lipinski definition) is 6. The third-order valence-corrected chi connectivity index (χ3v) is 10.6. The van der Waals surface area contributed by atoms with Crippen LogP contribution in [0.3, 0.4) is 0 Å². The summed E-state index contributed by atoms with van der Waals surface area (Å²) in [6, 6.07) is 20.2. The fraction of sp³-hybridized carbons (Fsp3) is 0.412. The van der Waals surface area contributed by atoms with Crippen molar-refractivity contribution in [1.29, 1.82) is 0 Å². The maximum atomic E-state index is 14.2. The Morgan fingerprint density at radius 3 is 2.25 bits per heavy atom. The lowest BCUT2D eigenvalue weighted by molar-refractivity contribution is -0.139. The molecule has 10 heteroatoms. The van der Waals surface area contributed by atoms with Gasteiger partial charge >= 0.3 is 0 Å². The fourth-order valence-electron chi connectivity index (χ4n) is 5.40. The van der Waals surface area contributed by atoms with Gasteiger partial charge in [-0.3, -0.25) is 13.9 Å². The van der Waals surface area contributed by atoms with E-state index in [0.717, 1.165) is 52.4 Å². The largest absolute Gasteiger partial charge is 0.494 e. The van der Waals surface area contributed by atoms with E-state index in [1.165, 1.54) is 16.7 Å². The van der Waals surface area contributed by atoms with E-state index in [-0.39, 0.29) is 23.4 Å². The van der Waals surface area contributed by atoms with E-state index in [9.17, 15) is 18.0 Å². The van der Waals surface area contributed by atoms with E-state index in [4.69, 9.17) is 4.74 Å². The highest BCUT2D eigenvalue weighted by Gasteiger charge is 2.33. The number of rotatable bonds is 13. The first-order valence-corrected chi connectivity index (χ1v) is 17.8. The van der Waals surface area contributed by atoms with Gasteiger partial charge in [-0.1, -0.05) is 43.5 Å². The lowest BCUT2D eigenvalue weighted by atomic mass is 9.95. The second-order valence-electron chi connectivity index (χ2n) is 11.1. The highest BCUT2D eigenvalue weighted by molar-refractivity contribution is 7.98. The summed E-state index contributed by atoms with van der Waals surface area (Å²) in [6.07, 6.45) is 7.06. The topological polar surface area (TPSA) is 96.0 Å². The zero-order valence-electron chi connectivity index (χ0n) is 26.0. The molecule has 0 radical (unpaired) electrons. The molecule has 1 aliphatic rings. The number of amides is 2. The van der Waals surface area contributed by atoms with Crippen LogP contribution in [0, 0.1) is 6.92 Å². The summed E-state index contributed by atoms with van der Waals surface area (Å²) in [5.41, 5.74) is 2.20. The fourth-order valence-corrected chi connectivity index (χ4v) is 7.22. The maximum absolute atomic E-state index is 14.2. The van der Waals surface area contributed by atoms with Crippen molar-refractivity contribution in [2.45, 2.75) is 81.3 Å². The minimum atomic E-state index is -4.15. The molecule has 44 heavy (non-hydrogen) atoms. The molecular formula is C34H43N3O5S2. The predicted octanol–water partition coefficient (Wildman–Crippen LogP) is 6.18. The zero-order valence-corrected chi connectivity index (χ0v) is 27.6. The van der Waals surface area contributed by atoms with Gasteiger partial charge < -0.3 is 15.0 Å². The maximum Gasteiger partial charge on any atom is 0.264 e. The van der Waals surface area contributed by atoms with Crippen molar-refractivity contribution in [3.8, 4) is 5.75 Å². The highest BCUT2D eigenvalue weighted by atomic mass is 32.2. The van der Waals surface area contributed by atoms with Gasteiger partial charge in [0.05, 0.1) is 17.2 Å². The van der Waals surface area contributed by atoms with Crippen LogP contribution in [-0.2, 0) is 26.2 Å². The van der Waals surface area contributed by atoms with Crippen LogP contribution in [0.15, 0.2) is 82.6 Å². The minimum Gasteiger partial charge on any atom is -0.494 e. The van der Waals surface area contributed by atoms with Crippen molar-refractivity contribution < 1.29 is 22.7 Å². The number of ether oxygens (including phenoxy) is 1. The van der Waals surface area contributed by atoms with Crippen molar-refractivity contribution in [3.05, 3.63) is 83.9 Å². The number of carbonyl (C=O) groups is 2. The summed E-state index contributed by atoms with van der Waals surface area (Å²) < 4.78 is 34.9. The standard InChI is InChI=1S/C34H43N3O5S2/c1-5-42-30-17-15-29(16-18-30)37(44(40,41)32-21-19-31(43-4)20-22-32)24-33(38)36(23-27-12-10-9-11-25(27)2)26(3)34(39)35-28-13-7-6-8-14-28/h9-12,15-22,26,28H,5-8,13-14,23-24H2,1-4H3,(H,35,39)/t26-/m0/s1. The summed E-state index contributed by atoms with van der Waals surface area (Å²) in [6.45, 7) is 5.70. The van der Waals surface area contributed by atoms with Crippen LogP contribution in [0.4, 0.5) is 5.69 Å². The Morgan fingerprint density at radius 1 is 0.977 bits per heavy atom. The number of nitrogens with one attached hydrogen (secondary N) is 1. The van der Waals surface area contributed by atoms with Crippen molar-refractivity contribution in [2.75, 3.05) is 23.7 Å². The van der Waals surface area contributed by atoms with E-state index in [0.29, 0.717) is 18.0 Å². The normalized spacial score (nSPS) is 14.5. The van der Waals surface area contributed by atoms with Crippen molar-refractivity contribution in [3.63, 3.8) is 0 Å². The monoisotopic (exact) mass is 637 g/mol. The number of anilines is 1. The van der Waals surface area contributed by atoms with E-state index in [1.807, 2.05) is 44.4 Å². The molecule has 0 aromatic heterocycles. The summed E-state index contributed by atoms with van der Waals surface area (Å²) in [5, 5.41) is 3.14. The summed E-state index contributed by atoms with van der Waals surface area (Å²) in [7, 11) is -4.15. The van der Waals surface area contributed by atoms with Crippen LogP contribution in [0.1, 0.15) is 57.1 Å². The quantitative estimate of drug-likeness (QED) is 0.225. The molecule has 2 amide bonds. The second kappa shape index (κ2) is 15.5. The van der Waals surface area contributed by atoms with Crippen LogP contribution >= 0.6 is 11.8 Å². The summed E-state index contributed by atoms with van der Waals surface area (Å²) in [5.74, 6) is -0.113. The molecule has 3 aromatic carbocycles. The molecule has 3 aromatic rings. The Morgan fingerprint density at radius 2 is 1.64 bits per heavy atom. The predicted molar refractivity (Wildman–Crippen MR) is 177 cm³/mol. The molecule has 0 unspecified atom stereocenters. The molecule has 0 spiro atoms. The minimum absolute atomic E-state index is 0.0746. The smallest absolute Gasteiger partial charge is 0.264 e. The molecule has 1 saturated carbocycles. The van der Waals surface area contributed by atoms with Gasteiger partial charge in [0, 0.05) is 17.5 Å². The zero-order chi connectivity index (χ0) is 31.7. The molecular weight excluding hydrogens is 595 g/mol. The van der Waals surface area contributed by atoms with E-state index in [2.05, 4.69) is 5.32 Å². The van der Waals surface area contributed by atoms with Gasteiger partial charge in [-0.15, -0.1) is 11.8 Å². The number of thioether (sulfide) groups is 1. The second-order valence-corrected chi connectivity index (χ2v) is 13.8. The van der Waals surface area contributed by atoms with Crippen LogP contribution in [0.5, 0.6) is 5.75 Å². The van der Waals surface area contributed by atoms with E-state index >= 15 is 0 Å². The van der Waals surface area contributed by atoms with E-state index in [1.54, 1.807) is 55.5 Å². The lowest BCUT2D eigenvalue weighted by Gasteiger charge is -2.33. The molecule has 0 aliphatic heterocycles. The van der Waals surface area contributed by atoms with Crippen LogP contribution in [-0.4, -0.2) is 56.6 Å². The molecule has 1 atom stereocenters. The first-order valence-electron chi connectivity index (χ1n) is 15.2. The molecule has 1 N–H and O–H groups in total. The molecule has 0 saturated heterocycles. The summed E-state index contributed by atoms with van der Waals surface area (Å²) >= 11 is 1.51. The van der Waals surface area contributed by atoms with Gasteiger partial charge in [0.1, 0.15) is 18.3 Å². The number of hydrogen-bond donors (Lipinski definition) is 1. The lowest BCUT2D eigenvalue weighted by Crippen LogP contribution is -2.53. The number of nitrogens with zero attached hydrogens (tertiary/aromatic N) is 2. The third-order valence-electron chi connectivity index (χ3n) is 8.08. The van der Waals surface area contributed by atoms with Gasteiger partial charge in [-0.2, -0.15) is 0 Å². The van der Waals surface area contributed by atoms with Gasteiger partial charge in [-0.05, 0) is 99.5 Å². The molecule has 0 heterocycles. The Kier molecular flexibility index (Phi) is 11.7. The van der Waals surface area contributed by atoms with Crippen molar-refractivity contribution in [2.24, 2.45) is 0 Å². The third kappa shape index (κ3) is 8.35. The molecule has 0 bridgehead atoms. The Bertz CT molecular complexity index is 1500. The van der Waals surface area contributed by atoms with Crippen LogP contribution < -0.4 is 14.4 Å². The molecule has 1 fully saturated rings. The van der Waals surface area contributed by atoms with Crippen molar-refractivity contribution >= 4 is 39.3 Å². The molecule has 4 rings (SSSR count).